The number of hydrogen-bond donors (Lipinski definition) is 0. The van der Waals surface area contributed by atoms with Gasteiger partial charge in [0, 0.05) is 19.3 Å². The summed E-state index contributed by atoms with van der Waals surface area (Å²) in [4.78, 5) is 38.3. The van der Waals surface area contributed by atoms with Crippen LogP contribution in [-0.4, -0.2) is 37.2 Å². The molecule has 0 N–H and O–H groups in total. The average Bonchev–Trinajstić information content (AvgIpc) is 3.46. The highest BCUT2D eigenvalue weighted by molar-refractivity contribution is 5.71. The molecule has 0 heterocycles. The topological polar surface area (TPSA) is 78.9 Å². The Morgan fingerprint density at radius 3 is 0.765 bits per heavy atom. The predicted octanol–water partition coefficient (Wildman–Crippen LogP) is 22.7. The van der Waals surface area contributed by atoms with Crippen molar-refractivity contribution in [3.63, 3.8) is 0 Å². The van der Waals surface area contributed by atoms with Crippen molar-refractivity contribution in [2.24, 2.45) is 0 Å². The molecule has 0 rings (SSSR count). The first-order chi connectivity index (χ1) is 40.0. The van der Waals surface area contributed by atoms with Gasteiger partial charge in [-0.2, -0.15) is 0 Å². The fraction of sp³-hybridized carbons (Fsp3) is 0.587. The van der Waals surface area contributed by atoms with E-state index in [1.807, 2.05) is 0 Å². The van der Waals surface area contributed by atoms with Crippen LogP contribution in [0.3, 0.4) is 0 Å². The smallest absolute Gasteiger partial charge is 0.306 e. The van der Waals surface area contributed by atoms with Gasteiger partial charge in [0.15, 0.2) is 6.10 Å². The Labute approximate surface area is 498 Å². The number of esters is 3. The first-order valence-corrected chi connectivity index (χ1v) is 32.6. The lowest BCUT2D eigenvalue weighted by atomic mass is 10.1. The number of unbranched alkanes of at least 4 members (excludes halogenated alkanes) is 18. The molecule has 0 amide bonds. The van der Waals surface area contributed by atoms with E-state index in [0.29, 0.717) is 19.3 Å². The average molecular weight is 1120 g/mol. The van der Waals surface area contributed by atoms with E-state index in [2.05, 4.69) is 191 Å². The molecule has 0 aromatic rings. The van der Waals surface area contributed by atoms with E-state index in [0.717, 1.165) is 173 Å². The van der Waals surface area contributed by atoms with Crippen molar-refractivity contribution < 1.29 is 28.6 Å². The van der Waals surface area contributed by atoms with Crippen LogP contribution in [0, 0.1) is 0 Å². The summed E-state index contributed by atoms with van der Waals surface area (Å²) in [5.74, 6) is -0.968. The number of allylic oxidation sites excluding steroid dienone is 28. The number of carbonyl (C=O) groups excluding carboxylic acids is 3. The van der Waals surface area contributed by atoms with Crippen LogP contribution in [0.15, 0.2) is 170 Å². The van der Waals surface area contributed by atoms with E-state index in [-0.39, 0.29) is 31.1 Å². The molecule has 6 heteroatoms. The number of carbonyl (C=O) groups is 3. The zero-order valence-corrected chi connectivity index (χ0v) is 52.0. The second kappa shape index (κ2) is 67.3. The van der Waals surface area contributed by atoms with E-state index >= 15 is 0 Å². The Bertz CT molecular complexity index is 1860. The van der Waals surface area contributed by atoms with E-state index < -0.39 is 6.10 Å². The van der Waals surface area contributed by atoms with E-state index in [1.54, 1.807) is 0 Å². The molecule has 0 radical (unpaired) electrons. The van der Waals surface area contributed by atoms with Crippen molar-refractivity contribution in [2.75, 3.05) is 13.2 Å². The molecule has 1 atom stereocenters. The zero-order valence-electron chi connectivity index (χ0n) is 52.0. The molecule has 0 saturated heterocycles. The van der Waals surface area contributed by atoms with Crippen LogP contribution in [0.25, 0.3) is 0 Å². The lowest BCUT2D eigenvalue weighted by molar-refractivity contribution is -0.167. The van der Waals surface area contributed by atoms with Crippen LogP contribution in [0.4, 0.5) is 0 Å². The summed E-state index contributed by atoms with van der Waals surface area (Å²) in [6.45, 7) is 6.33. The van der Waals surface area contributed by atoms with Crippen molar-refractivity contribution in [1.82, 2.24) is 0 Å². The number of hydrogen-bond acceptors (Lipinski definition) is 6. The maximum absolute atomic E-state index is 12.9. The fourth-order valence-electron chi connectivity index (χ4n) is 8.36. The SMILES string of the molecule is CC/C=C\C/C=C\C/C=C\C/C=C\C/C=C\C/C=C\C/C=C\C/C=C\C/C=C\CCCCCCCC(=O)OCC(COC(=O)CCCCC/C=C\C/C=C\C/C=C\CC)OC(=O)CCCCCCCCC/C=C\C/C=C\CCCCC. The third-order valence-corrected chi connectivity index (χ3v) is 13.2. The quantitative estimate of drug-likeness (QED) is 0.0261. The minimum Gasteiger partial charge on any atom is -0.462 e. The zero-order chi connectivity index (χ0) is 58.5. The van der Waals surface area contributed by atoms with Gasteiger partial charge in [0.05, 0.1) is 0 Å². The Kier molecular flexibility index (Phi) is 62.9. The molecule has 6 nitrogen and oxygen atoms in total. The van der Waals surface area contributed by atoms with Gasteiger partial charge >= 0.3 is 17.9 Å². The van der Waals surface area contributed by atoms with E-state index in [9.17, 15) is 14.4 Å². The molecule has 81 heavy (non-hydrogen) atoms. The Morgan fingerprint density at radius 2 is 0.481 bits per heavy atom. The van der Waals surface area contributed by atoms with Crippen molar-refractivity contribution in [3.05, 3.63) is 170 Å². The van der Waals surface area contributed by atoms with Crippen LogP contribution in [0.2, 0.25) is 0 Å². The lowest BCUT2D eigenvalue weighted by Crippen LogP contribution is -2.30. The summed E-state index contributed by atoms with van der Waals surface area (Å²) in [6.07, 6.45) is 99.3. The molecule has 0 aromatic carbocycles. The summed E-state index contributed by atoms with van der Waals surface area (Å²) >= 11 is 0. The van der Waals surface area contributed by atoms with Gasteiger partial charge in [-0.1, -0.05) is 262 Å². The molecule has 0 saturated carbocycles. The van der Waals surface area contributed by atoms with Gasteiger partial charge in [0.1, 0.15) is 13.2 Å². The van der Waals surface area contributed by atoms with Crippen molar-refractivity contribution in [3.8, 4) is 0 Å². The summed E-state index contributed by atoms with van der Waals surface area (Å²) in [6, 6.07) is 0. The molecule has 1 unspecified atom stereocenters. The minimum absolute atomic E-state index is 0.108. The monoisotopic (exact) mass is 1110 g/mol. The summed E-state index contributed by atoms with van der Waals surface area (Å²) in [7, 11) is 0. The fourth-order valence-corrected chi connectivity index (χ4v) is 8.36. The number of ether oxygens (including phenoxy) is 3. The van der Waals surface area contributed by atoms with Gasteiger partial charge < -0.3 is 14.2 Å². The van der Waals surface area contributed by atoms with Crippen molar-refractivity contribution >= 4 is 17.9 Å². The Morgan fingerprint density at radius 1 is 0.259 bits per heavy atom. The summed E-state index contributed by atoms with van der Waals surface area (Å²) in [5, 5.41) is 0. The molecule has 454 valence electrons. The minimum atomic E-state index is -0.812. The second-order valence-corrected chi connectivity index (χ2v) is 20.9. The first-order valence-electron chi connectivity index (χ1n) is 32.6. The maximum Gasteiger partial charge on any atom is 0.306 e. The molecule has 0 aliphatic heterocycles. The maximum atomic E-state index is 12.9. The molecular formula is C75H118O6. The number of rotatable bonds is 57. The summed E-state index contributed by atoms with van der Waals surface area (Å²) < 4.78 is 16.9. The van der Waals surface area contributed by atoms with Gasteiger partial charge in [-0.3, -0.25) is 14.4 Å². The van der Waals surface area contributed by atoms with Gasteiger partial charge in [-0.15, -0.1) is 0 Å². The first kappa shape index (κ1) is 75.8. The van der Waals surface area contributed by atoms with Crippen LogP contribution in [0.5, 0.6) is 0 Å². The molecule has 0 fully saturated rings. The lowest BCUT2D eigenvalue weighted by Gasteiger charge is -2.18. The third kappa shape index (κ3) is 65.5. The van der Waals surface area contributed by atoms with E-state index in [1.165, 1.54) is 51.4 Å². The van der Waals surface area contributed by atoms with Crippen molar-refractivity contribution in [1.29, 1.82) is 0 Å². The van der Waals surface area contributed by atoms with Gasteiger partial charge in [-0.25, -0.2) is 0 Å². The molecule has 0 bridgehead atoms. The van der Waals surface area contributed by atoms with Gasteiger partial charge in [-0.05, 0) is 154 Å². The third-order valence-electron chi connectivity index (χ3n) is 13.2. The van der Waals surface area contributed by atoms with Crippen LogP contribution < -0.4 is 0 Å². The second-order valence-electron chi connectivity index (χ2n) is 20.9. The molecular weight excluding hydrogens is 997 g/mol. The van der Waals surface area contributed by atoms with Crippen LogP contribution in [-0.2, 0) is 28.6 Å². The van der Waals surface area contributed by atoms with Crippen LogP contribution >= 0.6 is 0 Å². The normalized spacial score (nSPS) is 13.3. The van der Waals surface area contributed by atoms with Crippen LogP contribution in [0.1, 0.15) is 265 Å². The molecule has 0 aliphatic carbocycles. The highest BCUT2D eigenvalue weighted by atomic mass is 16.6. The molecule has 0 aromatic heterocycles. The Balaban J connectivity index is 4.38. The van der Waals surface area contributed by atoms with Gasteiger partial charge in [0.2, 0.25) is 0 Å². The Hall–Kier alpha value is -5.23. The largest absolute Gasteiger partial charge is 0.462 e. The predicted molar refractivity (Wildman–Crippen MR) is 352 cm³/mol. The standard InChI is InChI=1S/C75H118O6/c1-4-7-10-13-16-19-22-25-27-29-30-31-32-33-34-35-36-37-38-39-40-41-42-43-44-46-47-50-53-56-59-62-65-68-74(77)80-71-72(70-79-73(76)67-64-61-58-55-52-49-24-21-18-15-12-9-6-3)81-75(78)69-66-63-60-57-54-51-48-45-28-26-23-20-17-14-11-8-5-2/h7,9-10,12,16-21,25-28,30-31,33-34,36-37,39-40,42-43,46-47,49,52,72H,4-6,8,11,13-15,22-24,29,32,35,38,41,44-45,48,50-51,53-71H2,1-3H3/b10-7-,12-9-,19-16-,20-17-,21-18-,27-25-,28-26-,31-30-,34-33-,37-36-,40-39-,43-42-,47-46-,52-49-. The van der Waals surface area contributed by atoms with E-state index in [4.69, 9.17) is 14.2 Å². The van der Waals surface area contributed by atoms with Crippen molar-refractivity contribution in [2.45, 2.75) is 271 Å². The summed E-state index contributed by atoms with van der Waals surface area (Å²) in [5.41, 5.74) is 0. The molecule has 0 spiro atoms. The molecule has 0 aliphatic rings. The highest BCUT2D eigenvalue weighted by Crippen LogP contribution is 2.14. The highest BCUT2D eigenvalue weighted by Gasteiger charge is 2.19. The van der Waals surface area contributed by atoms with Gasteiger partial charge in [0.25, 0.3) is 0 Å².